The van der Waals surface area contributed by atoms with Crippen LogP contribution >= 0.6 is 0 Å². The second-order valence-corrected chi connectivity index (χ2v) is 7.75. The van der Waals surface area contributed by atoms with Crippen LogP contribution in [0.3, 0.4) is 0 Å². The van der Waals surface area contributed by atoms with Crippen LogP contribution in [0.15, 0.2) is 24.3 Å². The molecule has 3 saturated heterocycles. The molecule has 4 aliphatic heterocycles. The summed E-state index contributed by atoms with van der Waals surface area (Å²) >= 11 is 0. The number of hydrogen-bond acceptors (Lipinski definition) is 4. The van der Waals surface area contributed by atoms with Gasteiger partial charge in [0.1, 0.15) is 0 Å². The van der Waals surface area contributed by atoms with Crippen LogP contribution in [0, 0.1) is 5.92 Å². The van der Waals surface area contributed by atoms with Crippen LogP contribution in [0.1, 0.15) is 35.3 Å². The van der Waals surface area contributed by atoms with Gasteiger partial charge in [-0.25, -0.2) is 0 Å². The number of carboxylic acid groups (broad SMARTS) is 1. The number of piperidine rings is 3. The molecule has 1 aromatic carbocycles. The molecule has 2 aromatic rings. The smallest absolute Gasteiger partial charge is 0.292 e. The SMILES string of the molecule is O=C(N[C@@H]1CN2CCC1CC2)C(=O)c1c2n(c3ccccc13)CCC2.O=CO. The first-order valence-corrected chi connectivity index (χ1v) is 9.89. The third-order valence-corrected chi connectivity index (χ3v) is 6.28. The summed E-state index contributed by atoms with van der Waals surface area (Å²) in [6.45, 7) is 3.83. The maximum Gasteiger partial charge on any atom is 0.292 e. The largest absolute Gasteiger partial charge is 0.483 e. The number of carbonyl (C=O) groups is 3. The first-order valence-electron chi connectivity index (χ1n) is 9.89. The quantitative estimate of drug-likeness (QED) is 0.478. The number of nitrogens with zero attached hydrogens (tertiary/aromatic N) is 2. The van der Waals surface area contributed by atoms with E-state index in [1.165, 1.54) is 0 Å². The van der Waals surface area contributed by atoms with Crippen molar-refractivity contribution in [2.24, 2.45) is 5.92 Å². The summed E-state index contributed by atoms with van der Waals surface area (Å²) in [5.74, 6) is -0.258. The molecule has 2 N–H and O–H groups in total. The van der Waals surface area contributed by atoms with Gasteiger partial charge in [-0.05, 0) is 50.8 Å². The molecule has 5 heterocycles. The molecular formula is C21H25N3O4. The van der Waals surface area contributed by atoms with Crippen LogP contribution in [-0.4, -0.2) is 58.4 Å². The van der Waals surface area contributed by atoms with E-state index in [1.807, 2.05) is 24.3 Å². The zero-order chi connectivity index (χ0) is 19.7. The van der Waals surface area contributed by atoms with Gasteiger partial charge in [-0.15, -0.1) is 0 Å². The monoisotopic (exact) mass is 383 g/mol. The average molecular weight is 383 g/mol. The molecule has 1 aromatic heterocycles. The van der Waals surface area contributed by atoms with Gasteiger partial charge in [0.2, 0.25) is 0 Å². The summed E-state index contributed by atoms with van der Waals surface area (Å²) in [6, 6.07) is 8.08. The van der Waals surface area contributed by atoms with E-state index in [0.717, 1.165) is 68.5 Å². The molecule has 6 rings (SSSR count). The Labute approximate surface area is 163 Å². The van der Waals surface area contributed by atoms with Crippen LogP contribution in [0.5, 0.6) is 0 Å². The fourth-order valence-electron chi connectivity index (χ4n) is 5.01. The van der Waals surface area contributed by atoms with Crippen molar-refractivity contribution in [3.05, 3.63) is 35.5 Å². The third kappa shape index (κ3) is 3.20. The van der Waals surface area contributed by atoms with Crippen molar-refractivity contribution < 1.29 is 19.5 Å². The van der Waals surface area contributed by atoms with Crippen molar-refractivity contribution >= 4 is 29.1 Å². The fourth-order valence-corrected chi connectivity index (χ4v) is 5.01. The lowest BCUT2D eigenvalue weighted by molar-refractivity contribution is -0.123. The molecule has 7 nitrogen and oxygen atoms in total. The average Bonchev–Trinajstić information content (AvgIpc) is 3.30. The zero-order valence-corrected chi connectivity index (χ0v) is 15.8. The topological polar surface area (TPSA) is 91.6 Å². The lowest BCUT2D eigenvalue weighted by atomic mass is 9.84. The Balaban J connectivity index is 0.000000604. The van der Waals surface area contributed by atoms with E-state index >= 15 is 0 Å². The number of carbonyl (C=O) groups excluding carboxylic acids is 2. The Bertz CT molecular complexity index is 912. The van der Waals surface area contributed by atoms with Gasteiger partial charge in [0.25, 0.3) is 18.2 Å². The number of Topliss-reactive ketones (excluding diaryl/α,β-unsaturated/α-hetero) is 1. The minimum atomic E-state index is -0.426. The van der Waals surface area contributed by atoms with Crippen LogP contribution in [0.2, 0.25) is 0 Å². The molecule has 0 aliphatic carbocycles. The van der Waals surface area contributed by atoms with Crippen LogP contribution in [0.25, 0.3) is 10.9 Å². The molecule has 0 radical (unpaired) electrons. The number of amides is 1. The minimum Gasteiger partial charge on any atom is -0.483 e. The molecule has 0 spiro atoms. The van der Waals surface area contributed by atoms with Gasteiger partial charge in [0.15, 0.2) is 0 Å². The van der Waals surface area contributed by atoms with E-state index in [1.54, 1.807) is 0 Å². The van der Waals surface area contributed by atoms with Crippen LogP contribution < -0.4 is 5.32 Å². The summed E-state index contributed by atoms with van der Waals surface area (Å²) in [6.07, 6.45) is 4.18. The lowest BCUT2D eigenvalue weighted by Crippen LogP contribution is -2.58. The zero-order valence-electron chi connectivity index (χ0n) is 15.8. The van der Waals surface area contributed by atoms with E-state index in [0.29, 0.717) is 11.5 Å². The molecule has 28 heavy (non-hydrogen) atoms. The van der Waals surface area contributed by atoms with Crippen molar-refractivity contribution in [3.63, 3.8) is 0 Å². The highest BCUT2D eigenvalue weighted by atomic mass is 16.3. The number of ketones is 1. The number of hydrogen-bond donors (Lipinski definition) is 2. The second kappa shape index (κ2) is 7.75. The number of aromatic nitrogens is 1. The highest BCUT2D eigenvalue weighted by molar-refractivity contribution is 6.45. The molecular weight excluding hydrogens is 358 g/mol. The number of aryl methyl sites for hydroxylation is 1. The molecule has 4 aliphatic rings. The molecule has 148 valence electrons. The van der Waals surface area contributed by atoms with E-state index < -0.39 is 5.91 Å². The number of nitrogens with one attached hydrogen (secondary N) is 1. The maximum absolute atomic E-state index is 13.0. The Hall–Kier alpha value is -2.67. The minimum absolute atomic E-state index is 0.126. The first-order chi connectivity index (χ1) is 13.6. The van der Waals surface area contributed by atoms with Gasteiger partial charge in [0, 0.05) is 35.7 Å². The van der Waals surface area contributed by atoms with Crippen molar-refractivity contribution in [1.29, 1.82) is 0 Å². The third-order valence-electron chi connectivity index (χ3n) is 6.28. The van der Waals surface area contributed by atoms with Gasteiger partial charge in [-0.2, -0.15) is 0 Å². The molecule has 0 saturated carbocycles. The summed E-state index contributed by atoms with van der Waals surface area (Å²) in [5.41, 5.74) is 2.75. The predicted octanol–water partition coefficient (Wildman–Crippen LogP) is 1.68. The highest BCUT2D eigenvalue weighted by Crippen LogP contribution is 2.32. The Morgan fingerprint density at radius 1 is 1.14 bits per heavy atom. The lowest BCUT2D eigenvalue weighted by Gasteiger charge is -2.44. The van der Waals surface area contributed by atoms with Crippen LogP contribution in [-0.2, 0) is 22.6 Å². The van der Waals surface area contributed by atoms with Crippen molar-refractivity contribution in [1.82, 2.24) is 14.8 Å². The maximum atomic E-state index is 13.0. The fraction of sp³-hybridized carbons (Fsp3) is 0.476. The Morgan fingerprint density at radius 2 is 1.86 bits per heavy atom. The Kier molecular flexibility index (Phi) is 5.17. The molecule has 2 bridgehead atoms. The van der Waals surface area contributed by atoms with Gasteiger partial charge < -0.3 is 19.9 Å². The van der Waals surface area contributed by atoms with Gasteiger partial charge in [0.05, 0.1) is 5.56 Å². The summed E-state index contributed by atoms with van der Waals surface area (Å²) in [4.78, 5) is 36.5. The number of benzene rings is 1. The molecule has 1 amide bonds. The van der Waals surface area contributed by atoms with E-state index in [2.05, 4.69) is 14.8 Å². The van der Waals surface area contributed by atoms with Gasteiger partial charge in [-0.3, -0.25) is 14.4 Å². The predicted molar refractivity (Wildman–Crippen MR) is 104 cm³/mol. The van der Waals surface area contributed by atoms with E-state index in [4.69, 9.17) is 9.90 Å². The number of para-hydroxylation sites is 1. The number of rotatable bonds is 3. The molecule has 0 unspecified atom stereocenters. The van der Waals surface area contributed by atoms with E-state index in [-0.39, 0.29) is 18.3 Å². The Morgan fingerprint density at radius 3 is 2.54 bits per heavy atom. The summed E-state index contributed by atoms with van der Waals surface area (Å²) in [5, 5.41) is 10.9. The van der Waals surface area contributed by atoms with Crippen molar-refractivity contribution in [2.75, 3.05) is 19.6 Å². The normalized spacial score (nSPS) is 24.9. The van der Waals surface area contributed by atoms with Crippen molar-refractivity contribution in [3.8, 4) is 0 Å². The van der Waals surface area contributed by atoms with Crippen molar-refractivity contribution in [2.45, 2.75) is 38.3 Å². The number of fused-ring (bicyclic) bond motifs is 6. The molecule has 3 fully saturated rings. The summed E-state index contributed by atoms with van der Waals surface area (Å²) in [7, 11) is 0. The highest BCUT2D eigenvalue weighted by Gasteiger charge is 2.37. The van der Waals surface area contributed by atoms with Gasteiger partial charge >= 0.3 is 0 Å². The van der Waals surface area contributed by atoms with E-state index in [9.17, 15) is 9.59 Å². The summed E-state index contributed by atoms with van der Waals surface area (Å²) < 4.78 is 2.21. The standard InChI is InChI=1S/C20H23N3O2.CH2O2/c24-19(20(25)21-15-12-22-10-7-13(15)8-11-22)18-14-4-1-2-5-16(14)23-9-3-6-17(18)23;2-1-3/h1-2,4-5,13,15H,3,6-12H2,(H,21,25);1H,(H,2,3)/t15-;/m1./s1. The molecule has 7 heteroatoms. The first kappa shape index (κ1) is 18.7. The van der Waals surface area contributed by atoms with Crippen LogP contribution in [0.4, 0.5) is 0 Å². The van der Waals surface area contributed by atoms with Gasteiger partial charge in [-0.1, -0.05) is 18.2 Å². The molecule has 1 atom stereocenters. The second-order valence-electron chi connectivity index (χ2n) is 7.75.